The minimum absolute atomic E-state index is 0. The van der Waals surface area contributed by atoms with E-state index in [1.54, 1.807) is 26.8 Å². The smallest absolute Gasteiger partial charge is 0.347 e. The van der Waals surface area contributed by atoms with Gasteiger partial charge in [-0.1, -0.05) is 26.8 Å². The van der Waals surface area contributed by atoms with Gasteiger partial charge in [-0.25, -0.2) is 0 Å². The Morgan fingerprint density at radius 1 is 1.25 bits per heavy atom. The second-order valence-corrected chi connectivity index (χ2v) is 7.93. The Balaban J connectivity index is 0.00000392. The van der Waals surface area contributed by atoms with Gasteiger partial charge in [-0.15, -0.1) is 5.10 Å². The average Bonchev–Trinajstić information content (AvgIpc) is 2.98. The molecule has 1 aromatic carbocycles. The van der Waals surface area contributed by atoms with Crippen molar-refractivity contribution in [2.45, 2.75) is 44.2 Å². The first-order valence-electron chi connectivity index (χ1n) is 8.13. The molecule has 0 unspecified atom stereocenters. The third-order valence-corrected chi connectivity index (χ3v) is 4.87. The van der Waals surface area contributed by atoms with Crippen molar-refractivity contribution in [3.05, 3.63) is 29.1 Å². The molecule has 2 rings (SSSR count). The number of hydrogen-bond acceptors (Lipinski definition) is 5. The molecule has 0 radical (unpaired) electrons. The van der Waals surface area contributed by atoms with Crippen LogP contribution in [0.3, 0.4) is 0 Å². The molecule has 0 amide bonds. The minimum atomic E-state index is -4.76. The SMILES string of the molecule is CCc1cc(C(C)C)c(S(=O)(=O)O)cc1-n1nc(C(F)(F)F)nc1N(C)C.F. The van der Waals surface area contributed by atoms with Gasteiger partial charge in [0.25, 0.3) is 15.9 Å². The van der Waals surface area contributed by atoms with E-state index in [1.165, 1.54) is 19.0 Å². The Morgan fingerprint density at radius 2 is 1.82 bits per heavy atom. The van der Waals surface area contributed by atoms with E-state index in [9.17, 15) is 26.1 Å². The number of anilines is 1. The van der Waals surface area contributed by atoms with Crippen LogP contribution in [-0.4, -0.2) is 41.8 Å². The van der Waals surface area contributed by atoms with Crippen LogP contribution in [0.25, 0.3) is 5.69 Å². The molecule has 28 heavy (non-hydrogen) atoms. The molecule has 1 N–H and O–H groups in total. The highest BCUT2D eigenvalue weighted by Crippen LogP contribution is 2.33. The molecule has 1 aromatic heterocycles. The van der Waals surface area contributed by atoms with Crippen LogP contribution in [0.2, 0.25) is 0 Å². The standard InChI is InChI=1S/C16H21F3N4O3S.FH/c1-6-10-7-11(9(2)3)13(27(24,25)26)8-12(10)23-15(22(4)5)20-14(21-23)16(17,18)19;/h7-9H,6H2,1-5H3,(H,24,25,26);1H. The fourth-order valence-electron chi connectivity index (χ4n) is 2.66. The second-order valence-electron chi connectivity index (χ2n) is 6.54. The normalized spacial score (nSPS) is 12.2. The lowest BCUT2D eigenvalue weighted by molar-refractivity contribution is -0.144. The molecule has 0 bridgehead atoms. The maximum Gasteiger partial charge on any atom is 0.453 e. The first-order chi connectivity index (χ1) is 12.3. The molecule has 1 heterocycles. The van der Waals surface area contributed by atoms with Crippen molar-refractivity contribution in [1.82, 2.24) is 14.8 Å². The summed E-state index contributed by atoms with van der Waals surface area (Å²) in [5.41, 5.74) is 1.06. The first-order valence-corrected chi connectivity index (χ1v) is 9.57. The molecule has 2 aromatic rings. The van der Waals surface area contributed by atoms with Gasteiger partial charge in [-0.2, -0.15) is 31.3 Å². The summed E-state index contributed by atoms with van der Waals surface area (Å²) in [7, 11) is -1.59. The lowest BCUT2D eigenvalue weighted by Gasteiger charge is -2.19. The minimum Gasteiger partial charge on any atom is -0.347 e. The van der Waals surface area contributed by atoms with E-state index >= 15 is 0 Å². The van der Waals surface area contributed by atoms with Crippen LogP contribution in [0.5, 0.6) is 0 Å². The lowest BCUT2D eigenvalue weighted by Crippen LogP contribution is -2.17. The Bertz CT molecular complexity index is 954. The predicted molar refractivity (Wildman–Crippen MR) is 96.5 cm³/mol. The number of halogens is 4. The van der Waals surface area contributed by atoms with Gasteiger partial charge in [-0.05, 0) is 29.5 Å². The van der Waals surface area contributed by atoms with E-state index in [-0.39, 0.29) is 27.2 Å². The molecule has 0 saturated heterocycles. The van der Waals surface area contributed by atoms with Crippen LogP contribution >= 0.6 is 0 Å². The van der Waals surface area contributed by atoms with Crippen molar-refractivity contribution in [3.8, 4) is 5.69 Å². The fraction of sp³-hybridized carbons (Fsp3) is 0.500. The third-order valence-electron chi connectivity index (χ3n) is 3.96. The molecule has 0 saturated carbocycles. The van der Waals surface area contributed by atoms with Crippen LogP contribution < -0.4 is 4.90 Å². The monoisotopic (exact) mass is 426 g/mol. The highest BCUT2D eigenvalue weighted by atomic mass is 32.2. The highest BCUT2D eigenvalue weighted by Gasteiger charge is 2.38. The number of hydrogen-bond donors (Lipinski definition) is 1. The van der Waals surface area contributed by atoms with Gasteiger partial charge < -0.3 is 4.90 Å². The summed E-state index contributed by atoms with van der Waals surface area (Å²) < 4.78 is 73.5. The Morgan fingerprint density at radius 3 is 2.21 bits per heavy atom. The first kappa shape index (κ1) is 23.8. The molecular weight excluding hydrogens is 404 g/mol. The molecule has 12 heteroatoms. The van der Waals surface area contributed by atoms with Crippen LogP contribution in [0.1, 0.15) is 43.6 Å². The van der Waals surface area contributed by atoms with Crippen molar-refractivity contribution >= 4 is 16.1 Å². The number of nitrogens with zero attached hydrogens (tertiary/aromatic N) is 4. The number of benzene rings is 1. The van der Waals surface area contributed by atoms with Gasteiger partial charge in [0.05, 0.1) is 10.6 Å². The number of alkyl halides is 3. The molecule has 0 aliphatic carbocycles. The summed E-state index contributed by atoms with van der Waals surface area (Å²) >= 11 is 0. The maximum atomic E-state index is 13.1. The van der Waals surface area contributed by atoms with Crippen LogP contribution in [0.15, 0.2) is 17.0 Å². The quantitative estimate of drug-likeness (QED) is 0.582. The second kappa shape index (κ2) is 8.03. The van der Waals surface area contributed by atoms with Crippen molar-refractivity contribution in [2.75, 3.05) is 19.0 Å². The van der Waals surface area contributed by atoms with Crippen molar-refractivity contribution in [1.29, 1.82) is 0 Å². The molecule has 158 valence electrons. The summed E-state index contributed by atoms with van der Waals surface area (Å²) in [6, 6.07) is 2.71. The van der Waals surface area contributed by atoms with Crippen molar-refractivity contribution in [2.24, 2.45) is 0 Å². The van der Waals surface area contributed by atoms with E-state index in [4.69, 9.17) is 0 Å². The van der Waals surface area contributed by atoms with Crippen LogP contribution in [0, 0.1) is 0 Å². The molecular formula is C16H22F4N4O3S. The third kappa shape index (κ3) is 4.61. The maximum absolute atomic E-state index is 13.1. The van der Waals surface area contributed by atoms with Gasteiger partial charge >= 0.3 is 6.18 Å². The van der Waals surface area contributed by atoms with Crippen LogP contribution in [0.4, 0.5) is 23.8 Å². The Labute approximate surface area is 160 Å². The highest BCUT2D eigenvalue weighted by molar-refractivity contribution is 7.85. The number of aromatic nitrogens is 3. The van der Waals surface area contributed by atoms with Gasteiger partial charge in [0.1, 0.15) is 0 Å². The summed E-state index contributed by atoms with van der Waals surface area (Å²) in [6.45, 7) is 5.30. The Hall–Kier alpha value is -2.21. The fourth-order valence-corrected chi connectivity index (χ4v) is 3.52. The average molecular weight is 426 g/mol. The lowest BCUT2D eigenvalue weighted by atomic mass is 9.98. The summed E-state index contributed by atoms with van der Waals surface area (Å²) in [4.78, 5) is 4.50. The van der Waals surface area contributed by atoms with E-state index in [0.29, 0.717) is 17.5 Å². The molecule has 0 aliphatic heterocycles. The van der Waals surface area contributed by atoms with Gasteiger partial charge in [0.2, 0.25) is 5.95 Å². The predicted octanol–water partition coefficient (Wildman–Crippen LogP) is 3.44. The topological polar surface area (TPSA) is 88.3 Å². The zero-order valence-electron chi connectivity index (χ0n) is 15.9. The van der Waals surface area contributed by atoms with Gasteiger partial charge in [-0.3, -0.25) is 9.26 Å². The van der Waals surface area contributed by atoms with Gasteiger partial charge in [0.15, 0.2) is 0 Å². The summed E-state index contributed by atoms with van der Waals surface area (Å²) in [5.74, 6) is -1.68. The summed E-state index contributed by atoms with van der Waals surface area (Å²) in [6.07, 6.45) is -4.35. The summed E-state index contributed by atoms with van der Waals surface area (Å²) in [5, 5.41) is 3.54. The molecule has 0 aliphatic rings. The van der Waals surface area contributed by atoms with Crippen molar-refractivity contribution < 1.29 is 30.8 Å². The van der Waals surface area contributed by atoms with Gasteiger partial charge in [0, 0.05) is 14.1 Å². The van der Waals surface area contributed by atoms with E-state index in [2.05, 4.69) is 10.1 Å². The van der Waals surface area contributed by atoms with E-state index < -0.39 is 22.1 Å². The number of rotatable bonds is 5. The van der Waals surface area contributed by atoms with Crippen LogP contribution in [-0.2, 0) is 22.7 Å². The molecule has 0 spiro atoms. The zero-order chi connectivity index (χ0) is 20.7. The number of aryl methyl sites for hydroxylation is 1. The van der Waals surface area contributed by atoms with E-state index in [1.807, 2.05) is 0 Å². The molecule has 0 fully saturated rings. The van der Waals surface area contributed by atoms with Crippen molar-refractivity contribution in [3.63, 3.8) is 0 Å². The molecule has 0 atom stereocenters. The largest absolute Gasteiger partial charge is 0.453 e. The molecule has 7 nitrogen and oxygen atoms in total. The van der Waals surface area contributed by atoms with E-state index in [0.717, 1.165) is 10.7 Å². The zero-order valence-corrected chi connectivity index (χ0v) is 16.8. The Kier molecular flexibility index (Phi) is 6.84.